The first-order valence-corrected chi connectivity index (χ1v) is 14.1. The average Bonchev–Trinajstić information content (AvgIpc) is 2.85. The molecule has 38 heavy (non-hydrogen) atoms. The van der Waals surface area contributed by atoms with Crippen molar-refractivity contribution in [2.45, 2.75) is 109 Å². The molecule has 0 spiro atoms. The summed E-state index contributed by atoms with van der Waals surface area (Å²) >= 11 is 0. The molecule has 5 atom stereocenters. The highest BCUT2D eigenvalue weighted by atomic mass is 16.4. The Bertz CT molecular complexity index is 828. The standard InChI is InChI=1S/C27H46N4O7/c1-16(2)12-21(24(28)34)29-15-18(14-23(32)33)30-26(36)22(13-17-8-4-3-5-9-17)31-25(35)19-10-6-7-11-20(19)27(37)38/h16-22,29H,3-15H2,1-2H3,(H2,28,34)(H,30,36)(H,31,35)(H,32,33)(H,37,38)/t18-,19+,20+,21-,22-/m0/s1. The Hall–Kier alpha value is -2.69. The molecule has 216 valence electrons. The molecule has 7 N–H and O–H groups in total. The molecule has 2 aliphatic rings. The van der Waals surface area contributed by atoms with Gasteiger partial charge in [0.25, 0.3) is 0 Å². The summed E-state index contributed by atoms with van der Waals surface area (Å²) in [5.41, 5.74) is 5.49. The molecule has 2 aliphatic carbocycles. The van der Waals surface area contributed by atoms with Gasteiger partial charge in [-0.1, -0.05) is 58.8 Å². The van der Waals surface area contributed by atoms with Gasteiger partial charge in [-0.2, -0.15) is 0 Å². The Kier molecular flexibility index (Phi) is 13.0. The van der Waals surface area contributed by atoms with Crippen molar-refractivity contribution in [2.75, 3.05) is 6.54 Å². The molecule has 0 aromatic carbocycles. The lowest BCUT2D eigenvalue weighted by Gasteiger charge is -2.32. The van der Waals surface area contributed by atoms with Crippen LogP contribution in [0.5, 0.6) is 0 Å². The van der Waals surface area contributed by atoms with Crippen LogP contribution >= 0.6 is 0 Å². The van der Waals surface area contributed by atoms with Crippen LogP contribution < -0.4 is 21.7 Å². The van der Waals surface area contributed by atoms with Gasteiger partial charge in [-0.05, 0) is 37.5 Å². The first-order chi connectivity index (χ1) is 18.0. The molecule has 0 radical (unpaired) electrons. The number of nitrogens with two attached hydrogens (primary N) is 1. The molecule has 3 amide bonds. The number of carbonyl (C=O) groups excluding carboxylic acids is 3. The van der Waals surface area contributed by atoms with Crippen molar-refractivity contribution >= 4 is 29.7 Å². The fourth-order valence-electron chi connectivity index (χ4n) is 5.75. The maximum Gasteiger partial charge on any atom is 0.307 e. The maximum absolute atomic E-state index is 13.4. The van der Waals surface area contributed by atoms with Crippen molar-refractivity contribution in [3.8, 4) is 0 Å². The zero-order valence-electron chi connectivity index (χ0n) is 22.7. The van der Waals surface area contributed by atoms with E-state index in [1.54, 1.807) is 0 Å². The Morgan fingerprint density at radius 1 is 0.842 bits per heavy atom. The van der Waals surface area contributed by atoms with E-state index in [1.807, 2.05) is 13.8 Å². The molecular weight excluding hydrogens is 492 g/mol. The van der Waals surface area contributed by atoms with Crippen LogP contribution in [-0.2, 0) is 24.0 Å². The number of primary amides is 1. The summed E-state index contributed by atoms with van der Waals surface area (Å²) in [6.07, 6.45) is 8.00. The minimum absolute atomic E-state index is 0.0200. The van der Waals surface area contributed by atoms with Crippen molar-refractivity contribution in [2.24, 2.45) is 29.4 Å². The third-order valence-corrected chi connectivity index (χ3v) is 7.78. The molecule has 11 heteroatoms. The Morgan fingerprint density at radius 2 is 1.45 bits per heavy atom. The van der Waals surface area contributed by atoms with Gasteiger partial charge < -0.3 is 31.9 Å². The van der Waals surface area contributed by atoms with E-state index in [4.69, 9.17) is 5.73 Å². The largest absolute Gasteiger partial charge is 0.481 e. The molecule has 0 heterocycles. The van der Waals surface area contributed by atoms with E-state index in [9.17, 15) is 34.2 Å². The fraction of sp³-hybridized carbons (Fsp3) is 0.815. The van der Waals surface area contributed by atoms with Gasteiger partial charge in [0.2, 0.25) is 17.7 Å². The number of amides is 3. The van der Waals surface area contributed by atoms with E-state index in [1.165, 1.54) is 0 Å². The van der Waals surface area contributed by atoms with E-state index in [0.717, 1.165) is 44.9 Å². The number of carboxylic acid groups (broad SMARTS) is 2. The van der Waals surface area contributed by atoms with Gasteiger partial charge in [0, 0.05) is 6.54 Å². The van der Waals surface area contributed by atoms with Gasteiger partial charge in [-0.3, -0.25) is 24.0 Å². The Balaban J connectivity index is 2.15. The van der Waals surface area contributed by atoms with Crippen LogP contribution in [0.1, 0.15) is 90.9 Å². The lowest BCUT2D eigenvalue weighted by molar-refractivity contribution is -0.149. The summed E-state index contributed by atoms with van der Waals surface area (Å²) in [5.74, 6) is -4.68. The first-order valence-electron chi connectivity index (χ1n) is 14.1. The van der Waals surface area contributed by atoms with E-state index in [2.05, 4.69) is 16.0 Å². The molecule has 0 unspecified atom stereocenters. The minimum Gasteiger partial charge on any atom is -0.481 e. The summed E-state index contributed by atoms with van der Waals surface area (Å²) in [7, 11) is 0. The maximum atomic E-state index is 13.4. The van der Waals surface area contributed by atoms with Crippen LogP contribution in [0.25, 0.3) is 0 Å². The van der Waals surface area contributed by atoms with E-state index in [0.29, 0.717) is 25.7 Å². The van der Waals surface area contributed by atoms with Gasteiger partial charge in [-0.25, -0.2) is 0 Å². The number of aliphatic carboxylic acids is 2. The molecular formula is C27H46N4O7. The van der Waals surface area contributed by atoms with Crippen LogP contribution in [-0.4, -0.2) is 64.5 Å². The van der Waals surface area contributed by atoms with Crippen LogP contribution in [0, 0.1) is 23.7 Å². The molecule has 0 bridgehead atoms. The average molecular weight is 539 g/mol. The molecule has 2 fully saturated rings. The smallest absolute Gasteiger partial charge is 0.307 e. The number of carbonyl (C=O) groups is 5. The molecule has 2 rings (SSSR count). The quantitative estimate of drug-likeness (QED) is 0.182. The summed E-state index contributed by atoms with van der Waals surface area (Å²) in [6, 6.07) is -2.40. The SMILES string of the molecule is CC(C)C[C@H](NC[C@H](CC(=O)O)NC(=O)[C@H](CC1CCCCC1)NC(=O)[C@@H]1CCCC[C@H]1C(=O)O)C(N)=O. The summed E-state index contributed by atoms with van der Waals surface area (Å²) in [4.78, 5) is 61.8. The summed E-state index contributed by atoms with van der Waals surface area (Å²) in [5, 5.41) is 27.6. The first kappa shape index (κ1) is 31.5. The number of carboxylic acids is 2. The number of rotatable bonds is 15. The van der Waals surface area contributed by atoms with Crippen molar-refractivity contribution in [1.82, 2.24) is 16.0 Å². The van der Waals surface area contributed by atoms with Crippen LogP contribution in [0.3, 0.4) is 0 Å². The lowest BCUT2D eigenvalue weighted by Crippen LogP contribution is -2.55. The van der Waals surface area contributed by atoms with Gasteiger partial charge in [-0.15, -0.1) is 0 Å². The summed E-state index contributed by atoms with van der Waals surface area (Å²) < 4.78 is 0. The van der Waals surface area contributed by atoms with Crippen LogP contribution in [0.2, 0.25) is 0 Å². The predicted octanol–water partition coefficient (Wildman–Crippen LogP) is 1.78. The second kappa shape index (κ2) is 15.7. The van der Waals surface area contributed by atoms with Gasteiger partial charge >= 0.3 is 11.9 Å². The summed E-state index contributed by atoms with van der Waals surface area (Å²) in [6.45, 7) is 3.90. The highest BCUT2D eigenvalue weighted by molar-refractivity contribution is 5.91. The van der Waals surface area contributed by atoms with Crippen molar-refractivity contribution in [3.05, 3.63) is 0 Å². The monoisotopic (exact) mass is 538 g/mol. The Labute approximate surface area is 225 Å². The third kappa shape index (κ3) is 10.6. The number of hydrogen-bond acceptors (Lipinski definition) is 6. The van der Waals surface area contributed by atoms with E-state index in [-0.39, 0.29) is 24.8 Å². The van der Waals surface area contributed by atoms with Crippen molar-refractivity contribution in [1.29, 1.82) is 0 Å². The van der Waals surface area contributed by atoms with E-state index < -0.39 is 59.6 Å². The van der Waals surface area contributed by atoms with Gasteiger partial charge in [0.1, 0.15) is 6.04 Å². The second-order valence-electron chi connectivity index (χ2n) is 11.4. The topological polar surface area (TPSA) is 188 Å². The normalized spacial score (nSPS) is 22.7. The second-order valence-corrected chi connectivity index (χ2v) is 11.4. The predicted molar refractivity (Wildman–Crippen MR) is 141 cm³/mol. The number of nitrogens with one attached hydrogen (secondary N) is 3. The number of hydrogen-bond donors (Lipinski definition) is 6. The van der Waals surface area contributed by atoms with Crippen molar-refractivity contribution in [3.63, 3.8) is 0 Å². The van der Waals surface area contributed by atoms with Gasteiger partial charge in [0.15, 0.2) is 0 Å². The van der Waals surface area contributed by atoms with Crippen molar-refractivity contribution < 1.29 is 34.2 Å². The minimum atomic E-state index is -1.11. The molecule has 0 aromatic rings. The highest BCUT2D eigenvalue weighted by Gasteiger charge is 2.38. The van der Waals surface area contributed by atoms with E-state index >= 15 is 0 Å². The Morgan fingerprint density at radius 3 is 2.00 bits per heavy atom. The van der Waals surface area contributed by atoms with Crippen LogP contribution in [0.4, 0.5) is 0 Å². The van der Waals surface area contributed by atoms with Gasteiger partial charge in [0.05, 0.1) is 30.3 Å². The molecule has 0 saturated heterocycles. The zero-order chi connectivity index (χ0) is 28.2. The molecule has 0 aliphatic heterocycles. The van der Waals surface area contributed by atoms with Crippen LogP contribution in [0.15, 0.2) is 0 Å². The lowest BCUT2D eigenvalue weighted by atomic mass is 9.78. The molecule has 11 nitrogen and oxygen atoms in total. The molecule has 0 aromatic heterocycles. The highest BCUT2D eigenvalue weighted by Crippen LogP contribution is 2.31. The molecule has 2 saturated carbocycles. The fourth-order valence-corrected chi connectivity index (χ4v) is 5.75. The third-order valence-electron chi connectivity index (χ3n) is 7.78. The zero-order valence-corrected chi connectivity index (χ0v) is 22.7.